The van der Waals surface area contributed by atoms with Crippen LogP contribution in [0.15, 0.2) is 35.4 Å². The topological polar surface area (TPSA) is 216 Å². The lowest BCUT2D eigenvalue weighted by Crippen LogP contribution is -2.56. The standard InChI is InChI=1S/C30H46N8O7/c1-2-3-5-13-22(31)27(40)37-19-10-16-25(37)28(41)36-18-9-15-24(36)26(39)34-23(14-8-17-33-30(32)35-38(43)44)29(42)45-20-21-11-6-4-7-12-21/h4,6-7,11-12,22-25H,2-3,5,8-10,13-20,31H2,1H3,(H,34,39)(H3,32,33,35). The monoisotopic (exact) mass is 630 g/mol. The highest BCUT2D eigenvalue weighted by Crippen LogP contribution is 2.26. The van der Waals surface area contributed by atoms with Gasteiger partial charge in [-0.15, -0.1) is 0 Å². The van der Waals surface area contributed by atoms with E-state index in [1.807, 2.05) is 18.2 Å². The van der Waals surface area contributed by atoms with Gasteiger partial charge in [0.15, 0.2) is 5.03 Å². The first-order chi connectivity index (χ1) is 21.6. The Hall–Kier alpha value is -4.27. The van der Waals surface area contributed by atoms with Gasteiger partial charge in [-0.1, -0.05) is 56.5 Å². The number of ether oxygens (including phenoxy) is 1. The van der Waals surface area contributed by atoms with Crippen molar-refractivity contribution in [2.45, 2.75) is 102 Å². The van der Waals surface area contributed by atoms with Gasteiger partial charge in [0.1, 0.15) is 29.8 Å². The number of amides is 3. The number of hydrogen-bond acceptors (Lipinski definition) is 8. The molecule has 0 aliphatic carbocycles. The van der Waals surface area contributed by atoms with Crippen LogP contribution >= 0.6 is 0 Å². The number of nitro groups is 1. The predicted octanol–water partition coefficient (Wildman–Crippen LogP) is 0.980. The van der Waals surface area contributed by atoms with E-state index < -0.39 is 41.1 Å². The maximum absolute atomic E-state index is 13.7. The highest BCUT2D eigenvalue weighted by molar-refractivity contribution is 5.95. The molecular formula is C30H46N8O7. The van der Waals surface area contributed by atoms with E-state index in [2.05, 4.69) is 22.7 Å². The van der Waals surface area contributed by atoms with Crippen LogP contribution in [0.2, 0.25) is 0 Å². The van der Waals surface area contributed by atoms with Crippen molar-refractivity contribution < 1.29 is 28.9 Å². The van der Waals surface area contributed by atoms with E-state index in [-0.39, 0.29) is 37.3 Å². The fourth-order valence-electron chi connectivity index (χ4n) is 5.72. The van der Waals surface area contributed by atoms with E-state index in [1.165, 1.54) is 4.90 Å². The predicted molar refractivity (Wildman–Crippen MR) is 166 cm³/mol. The summed E-state index contributed by atoms with van der Waals surface area (Å²) < 4.78 is 5.49. The molecule has 15 nitrogen and oxygen atoms in total. The molecule has 0 aromatic heterocycles. The van der Waals surface area contributed by atoms with Crippen LogP contribution in [0.4, 0.5) is 0 Å². The van der Waals surface area contributed by atoms with Crippen molar-refractivity contribution in [1.82, 2.24) is 20.4 Å². The number of guanidine groups is 1. The largest absolute Gasteiger partial charge is 0.459 e. The van der Waals surface area contributed by atoms with E-state index in [0.717, 1.165) is 24.8 Å². The first kappa shape index (κ1) is 35.2. The first-order valence-electron chi connectivity index (χ1n) is 15.7. The van der Waals surface area contributed by atoms with Gasteiger partial charge in [0.2, 0.25) is 17.7 Å². The van der Waals surface area contributed by atoms with Gasteiger partial charge in [-0.3, -0.25) is 14.4 Å². The number of carbonyl (C=O) groups is 4. The lowest BCUT2D eigenvalue weighted by atomic mass is 10.1. The zero-order valence-electron chi connectivity index (χ0n) is 25.9. The molecule has 0 spiro atoms. The van der Waals surface area contributed by atoms with Crippen LogP contribution < -0.4 is 22.1 Å². The zero-order chi connectivity index (χ0) is 32.8. The summed E-state index contributed by atoms with van der Waals surface area (Å²) in [6.45, 7) is 3.04. The Morgan fingerprint density at radius 2 is 1.73 bits per heavy atom. The van der Waals surface area contributed by atoms with E-state index in [9.17, 15) is 29.3 Å². The highest BCUT2D eigenvalue weighted by Gasteiger charge is 2.43. The number of rotatable bonds is 16. The van der Waals surface area contributed by atoms with Crippen molar-refractivity contribution in [1.29, 1.82) is 0 Å². The SMILES string of the molecule is CCCCCC(N)C(=O)N1CCCC1C(=O)N1CCCC1C(=O)NC(CCCN/C(N)=N/[N+](=O)[O-])C(=O)OCc1ccccc1. The van der Waals surface area contributed by atoms with Crippen molar-refractivity contribution in [3.05, 3.63) is 46.0 Å². The number of nitrogens with one attached hydrogen (secondary N) is 2. The molecule has 2 aliphatic rings. The van der Waals surface area contributed by atoms with Crippen molar-refractivity contribution in [2.24, 2.45) is 16.6 Å². The molecule has 3 rings (SSSR count). The van der Waals surface area contributed by atoms with Gasteiger partial charge in [0, 0.05) is 19.6 Å². The molecule has 248 valence electrons. The Kier molecular flexibility index (Phi) is 14.0. The Balaban J connectivity index is 1.65. The van der Waals surface area contributed by atoms with E-state index in [4.69, 9.17) is 16.2 Å². The minimum atomic E-state index is -1.04. The molecule has 0 bridgehead atoms. The smallest absolute Gasteiger partial charge is 0.328 e. The summed E-state index contributed by atoms with van der Waals surface area (Å²) in [4.78, 5) is 67.1. The van der Waals surface area contributed by atoms with Crippen LogP contribution in [-0.4, -0.2) is 88.3 Å². The quantitative estimate of drug-likeness (QED) is 0.0507. The van der Waals surface area contributed by atoms with Gasteiger partial charge in [0.05, 0.1) is 6.04 Å². The second-order valence-corrected chi connectivity index (χ2v) is 11.4. The highest BCUT2D eigenvalue weighted by atomic mass is 16.7. The number of hydrogen-bond donors (Lipinski definition) is 4. The molecule has 1 aromatic carbocycles. The number of likely N-dealkylation sites (tertiary alicyclic amines) is 2. The summed E-state index contributed by atoms with van der Waals surface area (Å²) in [5, 5.41) is 17.9. The number of esters is 1. The second kappa shape index (κ2) is 17.9. The molecule has 0 saturated carbocycles. The number of nitrogens with zero attached hydrogens (tertiary/aromatic N) is 4. The fraction of sp³-hybridized carbons (Fsp3) is 0.633. The molecule has 45 heavy (non-hydrogen) atoms. The molecule has 2 aliphatic heterocycles. The summed E-state index contributed by atoms with van der Waals surface area (Å²) in [7, 11) is 0. The normalized spacial score (nSPS) is 19.6. The maximum Gasteiger partial charge on any atom is 0.328 e. The second-order valence-electron chi connectivity index (χ2n) is 11.4. The van der Waals surface area contributed by atoms with Gasteiger partial charge in [-0.2, -0.15) is 0 Å². The third-order valence-corrected chi connectivity index (χ3v) is 8.09. The van der Waals surface area contributed by atoms with Crippen molar-refractivity contribution >= 4 is 29.7 Å². The Morgan fingerprint density at radius 3 is 2.42 bits per heavy atom. The molecule has 3 amide bonds. The Labute approximate surface area is 263 Å². The van der Waals surface area contributed by atoms with Crippen LogP contribution in [-0.2, 0) is 30.5 Å². The van der Waals surface area contributed by atoms with Gasteiger partial charge in [-0.25, -0.2) is 14.9 Å². The van der Waals surface area contributed by atoms with Gasteiger partial charge >= 0.3 is 5.97 Å². The van der Waals surface area contributed by atoms with Crippen LogP contribution in [0.25, 0.3) is 0 Å². The zero-order valence-corrected chi connectivity index (χ0v) is 25.9. The third-order valence-electron chi connectivity index (χ3n) is 8.09. The average Bonchev–Trinajstić information content (AvgIpc) is 3.71. The van der Waals surface area contributed by atoms with E-state index in [0.29, 0.717) is 51.6 Å². The van der Waals surface area contributed by atoms with Crippen LogP contribution in [0.3, 0.4) is 0 Å². The first-order valence-corrected chi connectivity index (χ1v) is 15.7. The Morgan fingerprint density at radius 1 is 1.04 bits per heavy atom. The summed E-state index contributed by atoms with van der Waals surface area (Å²) in [5.41, 5.74) is 12.4. The molecule has 4 atom stereocenters. The molecular weight excluding hydrogens is 584 g/mol. The summed E-state index contributed by atoms with van der Waals surface area (Å²) in [5.74, 6) is -2.04. The van der Waals surface area contributed by atoms with Crippen molar-refractivity contribution in [3.8, 4) is 0 Å². The van der Waals surface area contributed by atoms with Crippen LogP contribution in [0, 0.1) is 10.1 Å². The number of unbranched alkanes of at least 4 members (excludes halogenated alkanes) is 2. The van der Waals surface area contributed by atoms with Gasteiger partial charge in [-0.05, 0) is 50.5 Å². The van der Waals surface area contributed by atoms with Gasteiger partial charge in [0.25, 0.3) is 5.96 Å². The fourth-order valence-corrected chi connectivity index (χ4v) is 5.72. The summed E-state index contributed by atoms with van der Waals surface area (Å²) in [6.07, 6.45) is 6.02. The minimum Gasteiger partial charge on any atom is -0.459 e. The van der Waals surface area contributed by atoms with Crippen LogP contribution in [0.5, 0.6) is 0 Å². The van der Waals surface area contributed by atoms with Gasteiger partial charge < -0.3 is 36.6 Å². The lowest BCUT2D eigenvalue weighted by Gasteiger charge is -2.32. The molecule has 4 unspecified atom stereocenters. The minimum absolute atomic E-state index is 0.00684. The van der Waals surface area contributed by atoms with Crippen LogP contribution in [0.1, 0.15) is 76.7 Å². The molecule has 1 aromatic rings. The molecule has 2 heterocycles. The summed E-state index contributed by atoms with van der Waals surface area (Å²) in [6, 6.07) is 5.89. The molecule has 6 N–H and O–H groups in total. The third kappa shape index (κ3) is 10.7. The molecule has 0 radical (unpaired) electrons. The van der Waals surface area contributed by atoms with E-state index in [1.54, 1.807) is 17.0 Å². The molecule has 2 saturated heterocycles. The Bertz CT molecular complexity index is 1200. The maximum atomic E-state index is 13.7. The van der Waals surface area contributed by atoms with E-state index >= 15 is 0 Å². The summed E-state index contributed by atoms with van der Waals surface area (Å²) >= 11 is 0. The van der Waals surface area contributed by atoms with Crippen molar-refractivity contribution in [2.75, 3.05) is 19.6 Å². The number of carbonyl (C=O) groups excluding carboxylic acids is 4. The average molecular weight is 631 g/mol. The lowest BCUT2D eigenvalue weighted by molar-refractivity contribution is -0.485. The van der Waals surface area contributed by atoms with Crippen molar-refractivity contribution in [3.63, 3.8) is 0 Å². The number of hydrazone groups is 1. The molecule has 2 fully saturated rings. The number of benzene rings is 1. The molecule has 15 heteroatoms. The number of nitrogens with two attached hydrogens (primary N) is 2.